The van der Waals surface area contributed by atoms with Crippen LogP contribution in [0.3, 0.4) is 0 Å². The standard InChI is InChI=1S/C52H32O/c1-2-13-33(14-3-1)37-17-12-18-39(31-37)49-44-23-10-8-21-42(44)48(43-22-9-11-24-45(43)49)36-27-25-35(26-28-36)47-32-38-16-5-7-20-41(38)52-50(47)46-30-29-34-15-4-6-19-40(34)51(46)53-52/h1-32H. The van der Waals surface area contributed by atoms with Gasteiger partial charge in [0, 0.05) is 21.5 Å². The Morgan fingerprint density at radius 2 is 0.774 bits per heavy atom. The summed E-state index contributed by atoms with van der Waals surface area (Å²) in [4.78, 5) is 0. The molecule has 53 heavy (non-hydrogen) atoms. The molecule has 0 unspecified atom stereocenters. The maximum Gasteiger partial charge on any atom is 0.143 e. The monoisotopic (exact) mass is 672 g/mol. The average Bonchev–Trinajstić information content (AvgIpc) is 3.64. The Bertz CT molecular complexity index is 3150. The Kier molecular flexibility index (Phi) is 6.62. The minimum absolute atomic E-state index is 0.942. The summed E-state index contributed by atoms with van der Waals surface area (Å²) in [7, 11) is 0. The van der Waals surface area contributed by atoms with E-state index in [0.29, 0.717) is 0 Å². The van der Waals surface area contributed by atoms with E-state index in [-0.39, 0.29) is 0 Å². The summed E-state index contributed by atoms with van der Waals surface area (Å²) in [6, 6.07) is 70.4. The summed E-state index contributed by atoms with van der Waals surface area (Å²) in [5.41, 5.74) is 11.6. The lowest BCUT2D eigenvalue weighted by Crippen LogP contribution is -1.91. The van der Waals surface area contributed by atoms with Gasteiger partial charge in [0.15, 0.2) is 0 Å². The molecule has 0 fully saturated rings. The lowest BCUT2D eigenvalue weighted by Gasteiger charge is -2.18. The molecule has 0 bridgehead atoms. The lowest BCUT2D eigenvalue weighted by molar-refractivity contribution is 0.676. The Morgan fingerprint density at radius 3 is 1.45 bits per heavy atom. The van der Waals surface area contributed by atoms with Crippen LogP contribution in [0.5, 0.6) is 0 Å². The second-order valence-electron chi connectivity index (χ2n) is 14.0. The molecule has 0 atom stereocenters. The highest BCUT2D eigenvalue weighted by Crippen LogP contribution is 2.46. The Balaban J connectivity index is 1.12. The van der Waals surface area contributed by atoms with E-state index in [4.69, 9.17) is 4.42 Å². The quantitative estimate of drug-likeness (QED) is 0.170. The summed E-state index contributed by atoms with van der Waals surface area (Å²) in [5, 5.41) is 11.9. The van der Waals surface area contributed by atoms with E-state index >= 15 is 0 Å². The molecule has 0 spiro atoms. The van der Waals surface area contributed by atoms with Crippen molar-refractivity contribution >= 4 is 65.0 Å². The van der Waals surface area contributed by atoms with Crippen LogP contribution in [0.15, 0.2) is 199 Å². The van der Waals surface area contributed by atoms with Crippen LogP contribution in [0.1, 0.15) is 0 Å². The van der Waals surface area contributed by atoms with Crippen molar-refractivity contribution in [1.29, 1.82) is 0 Å². The van der Waals surface area contributed by atoms with E-state index in [2.05, 4.69) is 194 Å². The molecule has 0 aliphatic carbocycles. The largest absolute Gasteiger partial charge is 0.455 e. The van der Waals surface area contributed by atoms with Crippen LogP contribution in [-0.2, 0) is 0 Å². The van der Waals surface area contributed by atoms with Crippen molar-refractivity contribution in [2.75, 3.05) is 0 Å². The van der Waals surface area contributed by atoms with Gasteiger partial charge in [0.2, 0.25) is 0 Å². The molecule has 1 aromatic heterocycles. The Hall–Kier alpha value is -6.96. The van der Waals surface area contributed by atoms with Gasteiger partial charge in [-0.15, -0.1) is 0 Å². The molecule has 11 rings (SSSR count). The van der Waals surface area contributed by atoms with Gasteiger partial charge in [0.1, 0.15) is 11.2 Å². The van der Waals surface area contributed by atoms with Gasteiger partial charge in [-0.1, -0.05) is 176 Å². The van der Waals surface area contributed by atoms with Crippen molar-refractivity contribution < 1.29 is 4.42 Å². The van der Waals surface area contributed by atoms with Crippen LogP contribution < -0.4 is 0 Å². The molecule has 0 N–H and O–H groups in total. The third-order valence-electron chi connectivity index (χ3n) is 11.0. The van der Waals surface area contributed by atoms with Gasteiger partial charge < -0.3 is 4.42 Å². The lowest BCUT2D eigenvalue weighted by atomic mass is 9.85. The third-order valence-corrected chi connectivity index (χ3v) is 11.0. The maximum atomic E-state index is 6.81. The first-order chi connectivity index (χ1) is 26.3. The van der Waals surface area contributed by atoms with Gasteiger partial charge >= 0.3 is 0 Å². The molecule has 246 valence electrons. The molecule has 0 aliphatic heterocycles. The van der Waals surface area contributed by atoms with Crippen molar-refractivity contribution in [1.82, 2.24) is 0 Å². The van der Waals surface area contributed by atoms with Crippen molar-refractivity contribution in [3.63, 3.8) is 0 Å². The summed E-state index contributed by atoms with van der Waals surface area (Å²) >= 11 is 0. The van der Waals surface area contributed by atoms with Crippen LogP contribution in [0, 0.1) is 0 Å². The molecular formula is C52H32O. The first-order valence-corrected chi connectivity index (χ1v) is 18.3. The van der Waals surface area contributed by atoms with E-state index in [1.54, 1.807) is 0 Å². The second kappa shape index (κ2) is 11.8. The topological polar surface area (TPSA) is 13.1 Å². The highest BCUT2D eigenvalue weighted by molar-refractivity contribution is 6.25. The van der Waals surface area contributed by atoms with Gasteiger partial charge in [0.25, 0.3) is 0 Å². The Labute approximate surface area is 307 Å². The maximum absolute atomic E-state index is 6.81. The van der Waals surface area contributed by atoms with Crippen molar-refractivity contribution in [2.24, 2.45) is 0 Å². The summed E-state index contributed by atoms with van der Waals surface area (Å²) < 4.78 is 6.81. The Morgan fingerprint density at radius 1 is 0.264 bits per heavy atom. The minimum Gasteiger partial charge on any atom is -0.455 e. The zero-order valence-electron chi connectivity index (χ0n) is 28.9. The average molecular weight is 673 g/mol. The fourth-order valence-electron chi connectivity index (χ4n) is 8.62. The van der Waals surface area contributed by atoms with Crippen LogP contribution in [0.2, 0.25) is 0 Å². The predicted octanol–water partition coefficient (Wildman–Crippen LogP) is 14.9. The van der Waals surface area contributed by atoms with E-state index in [1.165, 1.54) is 76.8 Å². The number of furan rings is 1. The molecule has 1 nitrogen and oxygen atoms in total. The van der Waals surface area contributed by atoms with Crippen molar-refractivity contribution in [3.8, 4) is 44.5 Å². The first-order valence-electron chi connectivity index (χ1n) is 18.3. The van der Waals surface area contributed by atoms with Crippen LogP contribution in [0.4, 0.5) is 0 Å². The number of benzene rings is 10. The predicted molar refractivity (Wildman–Crippen MR) is 225 cm³/mol. The summed E-state index contributed by atoms with van der Waals surface area (Å²) in [6.45, 7) is 0. The third kappa shape index (κ3) is 4.64. The number of rotatable bonds is 4. The smallest absolute Gasteiger partial charge is 0.143 e. The van der Waals surface area contributed by atoms with Gasteiger partial charge in [0.05, 0.1) is 0 Å². The second-order valence-corrected chi connectivity index (χ2v) is 14.0. The van der Waals surface area contributed by atoms with Crippen LogP contribution >= 0.6 is 0 Å². The summed E-state index contributed by atoms with van der Waals surface area (Å²) in [6.07, 6.45) is 0. The molecule has 11 aromatic rings. The first kappa shape index (κ1) is 29.7. The van der Waals surface area contributed by atoms with E-state index in [1.807, 2.05) is 0 Å². The molecule has 0 amide bonds. The van der Waals surface area contributed by atoms with E-state index in [0.717, 1.165) is 32.7 Å². The molecule has 1 heterocycles. The van der Waals surface area contributed by atoms with Gasteiger partial charge in [-0.2, -0.15) is 0 Å². The fraction of sp³-hybridized carbons (Fsp3) is 0. The molecule has 10 aromatic carbocycles. The minimum atomic E-state index is 0.942. The van der Waals surface area contributed by atoms with E-state index in [9.17, 15) is 0 Å². The molecule has 0 saturated heterocycles. The molecule has 0 radical (unpaired) electrons. The van der Waals surface area contributed by atoms with Gasteiger partial charge in [-0.25, -0.2) is 0 Å². The number of hydrogen-bond donors (Lipinski definition) is 0. The number of fused-ring (bicyclic) bond motifs is 9. The molecule has 1 heteroatoms. The molecular weight excluding hydrogens is 641 g/mol. The normalized spacial score (nSPS) is 11.8. The molecule has 0 aliphatic rings. The van der Waals surface area contributed by atoms with Crippen LogP contribution in [0.25, 0.3) is 110 Å². The van der Waals surface area contributed by atoms with Crippen LogP contribution in [-0.4, -0.2) is 0 Å². The molecule has 0 saturated carbocycles. The van der Waals surface area contributed by atoms with Crippen molar-refractivity contribution in [2.45, 2.75) is 0 Å². The number of hydrogen-bond acceptors (Lipinski definition) is 1. The fourth-order valence-corrected chi connectivity index (χ4v) is 8.62. The summed E-state index contributed by atoms with van der Waals surface area (Å²) in [5.74, 6) is 0. The van der Waals surface area contributed by atoms with Gasteiger partial charge in [-0.3, -0.25) is 0 Å². The van der Waals surface area contributed by atoms with Gasteiger partial charge in [-0.05, 0) is 95.0 Å². The highest BCUT2D eigenvalue weighted by atomic mass is 16.3. The zero-order valence-corrected chi connectivity index (χ0v) is 28.9. The zero-order chi connectivity index (χ0) is 34.9. The highest BCUT2D eigenvalue weighted by Gasteiger charge is 2.20. The van der Waals surface area contributed by atoms with Crippen molar-refractivity contribution in [3.05, 3.63) is 194 Å². The van der Waals surface area contributed by atoms with E-state index < -0.39 is 0 Å². The SMILES string of the molecule is c1ccc(-c2cccc(-c3c4ccccc4c(-c4ccc(-c5cc6ccccc6c6oc7c8ccccc8ccc7c56)cc4)c4ccccc34)c2)cc1.